The highest BCUT2D eigenvalue weighted by atomic mass is 19.4. The highest BCUT2D eigenvalue weighted by Gasteiger charge is 2.32. The van der Waals surface area contributed by atoms with Gasteiger partial charge in [-0.15, -0.1) is 0 Å². The normalized spacial score (nSPS) is 12.0. The molecule has 0 heterocycles. The molecule has 0 aliphatic carbocycles. The van der Waals surface area contributed by atoms with E-state index < -0.39 is 12.7 Å². The van der Waals surface area contributed by atoms with Gasteiger partial charge in [-0.3, -0.25) is 0 Å². The fourth-order valence-corrected chi connectivity index (χ4v) is 2.09. The van der Waals surface area contributed by atoms with Crippen molar-refractivity contribution in [3.8, 4) is 0 Å². The first-order valence-electron chi connectivity index (χ1n) is 6.32. The van der Waals surface area contributed by atoms with Gasteiger partial charge in [0.15, 0.2) is 0 Å². The molecule has 0 unspecified atom stereocenters. The van der Waals surface area contributed by atoms with Crippen LogP contribution < -0.4 is 10.2 Å². The lowest BCUT2D eigenvalue weighted by atomic mass is 10.1. The fraction of sp³-hybridized carbons (Fsp3) is 0.571. The number of rotatable bonds is 5. The van der Waals surface area contributed by atoms with E-state index in [9.17, 15) is 13.2 Å². The van der Waals surface area contributed by atoms with Crippen LogP contribution >= 0.6 is 0 Å². The second kappa shape index (κ2) is 6.28. The lowest BCUT2D eigenvalue weighted by Crippen LogP contribution is -2.39. The molecular formula is C14H21F3N2. The van der Waals surface area contributed by atoms with Crippen LogP contribution in [0.3, 0.4) is 0 Å². The molecule has 1 aromatic carbocycles. The number of nitrogens with one attached hydrogen (secondary N) is 1. The topological polar surface area (TPSA) is 15.3 Å². The Morgan fingerprint density at radius 3 is 2.32 bits per heavy atom. The van der Waals surface area contributed by atoms with Gasteiger partial charge in [0, 0.05) is 18.3 Å². The predicted octanol–water partition coefficient (Wildman–Crippen LogP) is 3.49. The van der Waals surface area contributed by atoms with Crippen molar-refractivity contribution in [2.24, 2.45) is 0 Å². The molecule has 0 amide bonds. The summed E-state index contributed by atoms with van der Waals surface area (Å²) in [5.74, 6) is 0. The van der Waals surface area contributed by atoms with Gasteiger partial charge >= 0.3 is 6.18 Å². The largest absolute Gasteiger partial charge is 0.405 e. The summed E-state index contributed by atoms with van der Waals surface area (Å²) in [4.78, 5) is 1.39. The molecule has 0 radical (unpaired) electrons. The van der Waals surface area contributed by atoms with Gasteiger partial charge < -0.3 is 10.2 Å². The summed E-state index contributed by atoms with van der Waals surface area (Å²) in [6, 6.07) is 5.37. The maximum absolute atomic E-state index is 12.6. The molecule has 0 saturated heterocycles. The van der Waals surface area contributed by atoms with Crippen LogP contribution in [0.4, 0.5) is 18.9 Å². The van der Waals surface area contributed by atoms with Crippen LogP contribution in [0.15, 0.2) is 18.2 Å². The van der Waals surface area contributed by atoms with E-state index in [1.807, 2.05) is 26.1 Å². The second-order valence-corrected chi connectivity index (χ2v) is 4.99. The van der Waals surface area contributed by atoms with Gasteiger partial charge in [0.1, 0.15) is 6.54 Å². The molecule has 5 heteroatoms. The zero-order valence-electron chi connectivity index (χ0n) is 11.8. The Labute approximate surface area is 112 Å². The van der Waals surface area contributed by atoms with Crippen molar-refractivity contribution in [3.63, 3.8) is 0 Å². The maximum atomic E-state index is 12.6. The molecule has 1 rings (SSSR count). The fourth-order valence-electron chi connectivity index (χ4n) is 2.09. The summed E-state index contributed by atoms with van der Waals surface area (Å²) >= 11 is 0. The van der Waals surface area contributed by atoms with E-state index in [1.54, 1.807) is 19.9 Å². The summed E-state index contributed by atoms with van der Waals surface area (Å²) in [6.07, 6.45) is -4.19. The lowest BCUT2D eigenvalue weighted by molar-refractivity contribution is -0.120. The molecule has 0 aliphatic rings. The van der Waals surface area contributed by atoms with Gasteiger partial charge in [-0.1, -0.05) is 12.1 Å². The van der Waals surface area contributed by atoms with E-state index in [4.69, 9.17) is 0 Å². The average molecular weight is 274 g/mol. The molecule has 0 fully saturated rings. The standard InChI is InChI=1S/C14H21F3N2/c1-10(2)19(9-14(15,16)17)13-6-5-12(8-18-4)7-11(13)3/h5-7,10,18H,8-9H2,1-4H3. The van der Waals surface area contributed by atoms with Gasteiger partial charge in [-0.05, 0) is 45.0 Å². The van der Waals surface area contributed by atoms with Crippen molar-refractivity contribution in [3.05, 3.63) is 29.3 Å². The Hall–Kier alpha value is -1.23. The minimum absolute atomic E-state index is 0.199. The number of benzene rings is 1. The molecule has 108 valence electrons. The van der Waals surface area contributed by atoms with Crippen molar-refractivity contribution in [1.82, 2.24) is 5.32 Å². The monoisotopic (exact) mass is 274 g/mol. The molecule has 0 atom stereocenters. The van der Waals surface area contributed by atoms with Gasteiger partial charge in [-0.25, -0.2) is 0 Å². The van der Waals surface area contributed by atoms with Crippen LogP contribution in [0.2, 0.25) is 0 Å². The molecule has 0 spiro atoms. The lowest BCUT2D eigenvalue weighted by Gasteiger charge is -2.31. The number of hydrogen-bond donors (Lipinski definition) is 1. The van der Waals surface area contributed by atoms with Crippen molar-refractivity contribution >= 4 is 5.69 Å². The summed E-state index contributed by atoms with van der Waals surface area (Å²) in [5.41, 5.74) is 2.58. The SMILES string of the molecule is CNCc1ccc(N(CC(F)(F)F)C(C)C)c(C)c1. The number of halogens is 3. The molecule has 1 N–H and O–H groups in total. The zero-order chi connectivity index (χ0) is 14.6. The molecule has 0 aliphatic heterocycles. The second-order valence-electron chi connectivity index (χ2n) is 4.99. The molecule has 0 saturated carbocycles. The van der Waals surface area contributed by atoms with E-state index in [2.05, 4.69) is 5.32 Å². The molecule has 0 aromatic heterocycles. The number of hydrogen-bond acceptors (Lipinski definition) is 2. The van der Waals surface area contributed by atoms with E-state index in [-0.39, 0.29) is 6.04 Å². The quantitative estimate of drug-likeness (QED) is 0.884. The van der Waals surface area contributed by atoms with Gasteiger partial charge in [0.05, 0.1) is 0 Å². The van der Waals surface area contributed by atoms with Gasteiger partial charge in [0.25, 0.3) is 0 Å². The molecule has 2 nitrogen and oxygen atoms in total. The smallest absolute Gasteiger partial charge is 0.360 e. The van der Waals surface area contributed by atoms with Crippen molar-refractivity contribution < 1.29 is 13.2 Å². The first kappa shape index (κ1) is 15.8. The van der Waals surface area contributed by atoms with Crippen LogP contribution in [0.5, 0.6) is 0 Å². The first-order valence-corrected chi connectivity index (χ1v) is 6.32. The van der Waals surface area contributed by atoms with Crippen LogP contribution in [0.25, 0.3) is 0 Å². The number of aryl methyl sites for hydroxylation is 1. The Morgan fingerprint density at radius 2 is 1.89 bits per heavy atom. The van der Waals surface area contributed by atoms with Crippen LogP contribution in [0.1, 0.15) is 25.0 Å². The third-order valence-electron chi connectivity index (χ3n) is 2.92. The Kier molecular flexibility index (Phi) is 5.23. The highest BCUT2D eigenvalue weighted by Crippen LogP contribution is 2.27. The number of alkyl halides is 3. The van der Waals surface area contributed by atoms with E-state index >= 15 is 0 Å². The molecule has 1 aromatic rings. The number of nitrogens with zero attached hydrogens (tertiary/aromatic N) is 1. The van der Waals surface area contributed by atoms with Crippen LogP contribution in [-0.4, -0.2) is 25.8 Å². The Bertz CT molecular complexity index is 414. The molecular weight excluding hydrogens is 253 g/mol. The number of anilines is 1. The van der Waals surface area contributed by atoms with E-state index in [0.29, 0.717) is 12.2 Å². The highest BCUT2D eigenvalue weighted by molar-refractivity contribution is 5.55. The third-order valence-corrected chi connectivity index (χ3v) is 2.92. The first-order chi connectivity index (χ1) is 8.74. The minimum Gasteiger partial charge on any atom is -0.360 e. The zero-order valence-corrected chi connectivity index (χ0v) is 11.8. The van der Waals surface area contributed by atoms with Gasteiger partial charge in [0.2, 0.25) is 0 Å². The summed E-state index contributed by atoms with van der Waals surface area (Å²) in [6.45, 7) is 5.18. The molecule has 0 bridgehead atoms. The average Bonchev–Trinajstić information content (AvgIpc) is 2.25. The maximum Gasteiger partial charge on any atom is 0.405 e. The van der Waals surface area contributed by atoms with Crippen molar-refractivity contribution in [1.29, 1.82) is 0 Å². The Balaban J connectivity index is 3.03. The minimum atomic E-state index is -4.19. The summed E-state index contributed by atoms with van der Waals surface area (Å²) in [7, 11) is 1.84. The predicted molar refractivity (Wildman–Crippen MR) is 72.5 cm³/mol. The summed E-state index contributed by atoms with van der Waals surface area (Å²) < 4.78 is 37.9. The van der Waals surface area contributed by atoms with E-state index in [1.165, 1.54) is 4.90 Å². The van der Waals surface area contributed by atoms with Gasteiger partial charge in [-0.2, -0.15) is 13.2 Å². The summed E-state index contributed by atoms with van der Waals surface area (Å²) in [5, 5.41) is 3.03. The van der Waals surface area contributed by atoms with Crippen LogP contribution in [0, 0.1) is 6.92 Å². The Morgan fingerprint density at radius 1 is 1.26 bits per heavy atom. The van der Waals surface area contributed by atoms with E-state index in [0.717, 1.165) is 11.1 Å². The van der Waals surface area contributed by atoms with Crippen molar-refractivity contribution in [2.75, 3.05) is 18.5 Å². The molecule has 19 heavy (non-hydrogen) atoms. The van der Waals surface area contributed by atoms with Crippen molar-refractivity contribution in [2.45, 2.75) is 39.5 Å². The van der Waals surface area contributed by atoms with Crippen LogP contribution in [-0.2, 0) is 6.54 Å². The third kappa shape index (κ3) is 4.74.